The Bertz CT molecular complexity index is 589. The summed E-state index contributed by atoms with van der Waals surface area (Å²) in [4.78, 5) is 0. The predicted molar refractivity (Wildman–Crippen MR) is 144 cm³/mol. The number of ether oxygens (including phenoxy) is 1. The molecule has 33 heavy (non-hydrogen) atoms. The van der Waals surface area contributed by atoms with E-state index in [9.17, 15) is 0 Å². The van der Waals surface area contributed by atoms with Gasteiger partial charge in [0.25, 0.3) is 0 Å². The molecular weight excluding hydrogens is 400 g/mol. The van der Waals surface area contributed by atoms with Crippen LogP contribution in [0, 0.1) is 23.7 Å². The van der Waals surface area contributed by atoms with E-state index >= 15 is 0 Å². The number of hydrogen-bond donors (Lipinski definition) is 0. The van der Waals surface area contributed by atoms with Crippen LogP contribution >= 0.6 is 0 Å². The van der Waals surface area contributed by atoms with E-state index in [-0.39, 0.29) is 0 Å². The molecule has 0 atom stereocenters. The molecule has 188 valence electrons. The maximum atomic E-state index is 5.97. The Morgan fingerprint density at radius 2 is 1.15 bits per heavy atom. The van der Waals surface area contributed by atoms with E-state index in [4.69, 9.17) is 4.74 Å². The zero-order chi connectivity index (χ0) is 23.1. The van der Waals surface area contributed by atoms with Crippen LogP contribution in [0.4, 0.5) is 0 Å². The van der Waals surface area contributed by atoms with Crippen LogP contribution in [0.5, 0.6) is 5.75 Å². The highest BCUT2D eigenvalue weighted by Gasteiger charge is 2.30. The molecule has 0 amide bonds. The van der Waals surface area contributed by atoms with Crippen molar-refractivity contribution in [2.24, 2.45) is 23.7 Å². The topological polar surface area (TPSA) is 9.23 Å². The quantitative estimate of drug-likeness (QED) is 0.239. The Morgan fingerprint density at radius 1 is 0.606 bits per heavy atom. The van der Waals surface area contributed by atoms with E-state index in [1.165, 1.54) is 128 Å². The molecule has 0 heterocycles. The number of benzene rings is 1. The molecule has 0 aromatic heterocycles. The van der Waals surface area contributed by atoms with Gasteiger partial charge in [-0.1, -0.05) is 103 Å². The zero-order valence-corrected chi connectivity index (χ0v) is 22.2. The van der Waals surface area contributed by atoms with Gasteiger partial charge in [0.15, 0.2) is 0 Å². The molecule has 0 radical (unpaired) electrons. The summed E-state index contributed by atoms with van der Waals surface area (Å²) in [6.07, 6.45) is 27.0. The lowest BCUT2D eigenvalue weighted by atomic mass is 9.68. The van der Waals surface area contributed by atoms with Crippen molar-refractivity contribution in [2.45, 2.75) is 136 Å². The Labute approximate surface area is 206 Å². The minimum atomic E-state index is 0.872. The highest BCUT2D eigenvalue weighted by atomic mass is 16.5. The van der Waals surface area contributed by atoms with E-state index in [0.29, 0.717) is 0 Å². The SMILES string of the molecule is CCCCCCCCCOc1ccc(CCC2CCC(C3CCC(CCC)CC3)CC2)cc1. The summed E-state index contributed by atoms with van der Waals surface area (Å²) >= 11 is 0. The highest BCUT2D eigenvalue weighted by Crippen LogP contribution is 2.43. The summed E-state index contributed by atoms with van der Waals surface area (Å²) in [5, 5.41) is 0. The average Bonchev–Trinajstić information content (AvgIpc) is 2.86. The fourth-order valence-electron chi connectivity index (χ4n) is 6.68. The minimum absolute atomic E-state index is 0.872. The van der Waals surface area contributed by atoms with Crippen molar-refractivity contribution in [3.05, 3.63) is 29.8 Å². The Kier molecular flexibility index (Phi) is 12.8. The number of hydrogen-bond acceptors (Lipinski definition) is 1. The lowest BCUT2D eigenvalue weighted by molar-refractivity contribution is 0.141. The summed E-state index contributed by atoms with van der Waals surface area (Å²) in [6.45, 7) is 5.51. The van der Waals surface area contributed by atoms with Gasteiger partial charge in [0.1, 0.15) is 5.75 Å². The molecule has 2 saturated carbocycles. The smallest absolute Gasteiger partial charge is 0.119 e. The van der Waals surface area contributed by atoms with E-state index in [1.54, 1.807) is 0 Å². The molecule has 2 fully saturated rings. The number of rotatable bonds is 15. The van der Waals surface area contributed by atoms with Gasteiger partial charge < -0.3 is 4.74 Å². The van der Waals surface area contributed by atoms with Crippen LogP contribution in [-0.2, 0) is 6.42 Å². The largest absolute Gasteiger partial charge is 0.494 e. The second kappa shape index (κ2) is 15.8. The van der Waals surface area contributed by atoms with Crippen molar-refractivity contribution in [3.8, 4) is 5.75 Å². The summed E-state index contributed by atoms with van der Waals surface area (Å²) in [7, 11) is 0. The van der Waals surface area contributed by atoms with Crippen molar-refractivity contribution in [1.82, 2.24) is 0 Å². The normalized spacial score (nSPS) is 25.8. The van der Waals surface area contributed by atoms with Crippen molar-refractivity contribution < 1.29 is 4.74 Å². The first-order chi connectivity index (χ1) is 16.3. The van der Waals surface area contributed by atoms with E-state index in [2.05, 4.69) is 38.1 Å². The van der Waals surface area contributed by atoms with Gasteiger partial charge in [0.05, 0.1) is 6.61 Å². The van der Waals surface area contributed by atoms with Crippen LogP contribution in [-0.4, -0.2) is 6.61 Å². The molecule has 0 spiro atoms. The fraction of sp³-hybridized carbons (Fsp3) is 0.812. The summed E-state index contributed by atoms with van der Waals surface area (Å²) in [5.41, 5.74) is 1.50. The predicted octanol–water partition coefficient (Wildman–Crippen LogP) is 10.2. The van der Waals surface area contributed by atoms with Crippen LogP contribution in [0.2, 0.25) is 0 Å². The van der Waals surface area contributed by atoms with E-state index in [1.807, 2.05) is 0 Å². The molecule has 0 unspecified atom stereocenters. The van der Waals surface area contributed by atoms with Crippen molar-refractivity contribution in [2.75, 3.05) is 6.61 Å². The molecule has 1 aromatic rings. The zero-order valence-electron chi connectivity index (χ0n) is 22.2. The summed E-state index contributed by atoms with van der Waals surface area (Å²) < 4.78 is 5.97. The van der Waals surface area contributed by atoms with Crippen molar-refractivity contribution >= 4 is 0 Å². The molecule has 0 N–H and O–H groups in total. The van der Waals surface area contributed by atoms with Gasteiger partial charge in [-0.15, -0.1) is 0 Å². The van der Waals surface area contributed by atoms with Gasteiger partial charge in [-0.25, -0.2) is 0 Å². The Morgan fingerprint density at radius 3 is 1.73 bits per heavy atom. The number of aryl methyl sites for hydroxylation is 1. The molecule has 1 heteroatoms. The maximum Gasteiger partial charge on any atom is 0.119 e. The molecule has 2 aliphatic carbocycles. The molecule has 0 bridgehead atoms. The molecule has 0 saturated heterocycles. The van der Waals surface area contributed by atoms with E-state index in [0.717, 1.165) is 36.0 Å². The van der Waals surface area contributed by atoms with Crippen LogP contribution in [0.3, 0.4) is 0 Å². The molecule has 2 aliphatic rings. The third-order valence-corrected chi connectivity index (χ3v) is 8.93. The lowest BCUT2D eigenvalue weighted by Gasteiger charge is -2.38. The van der Waals surface area contributed by atoms with Gasteiger partial charge in [-0.2, -0.15) is 0 Å². The third kappa shape index (κ3) is 10.0. The average molecular weight is 455 g/mol. The second-order valence-corrected chi connectivity index (χ2v) is 11.5. The molecule has 3 rings (SSSR count). The standard InChI is InChI=1S/C32H54O/c1-3-5-6-7-8-9-10-26-33-32-24-18-29(19-25-32)13-12-28-16-22-31(23-17-28)30-20-14-27(11-4-2)15-21-30/h18-19,24-25,27-28,30-31H,3-17,20-23,26H2,1-2H3. The van der Waals surface area contributed by atoms with Crippen molar-refractivity contribution in [3.63, 3.8) is 0 Å². The van der Waals surface area contributed by atoms with Gasteiger partial charge in [0.2, 0.25) is 0 Å². The van der Waals surface area contributed by atoms with Gasteiger partial charge in [0, 0.05) is 0 Å². The van der Waals surface area contributed by atoms with Gasteiger partial charge >= 0.3 is 0 Å². The molecule has 1 aromatic carbocycles. The first-order valence-corrected chi connectivity index (χ1v) is 15.0. The van der Waals surface area contributed by atoms with E-state index < -0.39 is 0 Å². The van der Waals surface area contributed by atoms with Crippen LogP contribution in [0.25, 0.3) is 0 Å². The summed E-state index contributed by atoms with van der Waals surface area (Å²) in [6, 6.07) is 9.01. The monoisotopic (exact) mass is 454 g/mol. The first kappa shape index (κ1) is 26.6. The Hall–Kier alpha value is -0.980. The fourth-order valence-corrected chi connectivity index (χ4v) is 6.68. The second-order valence-electron chi connectivity index (χ2n) is 11.5. The summed E-state index contributed by atoms with van der Waals surface area (Å²) in [5.74, 6) is 5.19. The Balaban J connectivity index is 1.24. The number of unbranched alkanes of at least 4 members (excludes halogenated alkanes) is 6. The first-order valence-electron chi connectivity index (χ1n) is 15.0. The van der Waals surface area contributed by atoms with Crippen LogP contribution in [0.15, 0.2) is 24.3 Å². The molecule has 1 nitrogen and oxygen atoms in total. The molecular formula is C32H54O. The maximum absolute atomic E-state index is 5.97. The van der Waals surface area contributed by atoms with Crippen molar-refractivity contribution in [1.29, 1.82) is 0 Å². The lowest BCUT2D eigenvalue weighted by Crippen LogP contribution is -2.26. The van der Waals surface area contributed by atoms with Crippen LogP contribution in [0.1, 0.15) is 135 Å². The van der Waals surface area contributed by atoms with Crippen LogP contribution < -0.4 is 4.74 Å². The van der Waals surface area contributed by atoms with Gasteiger partial charge in [-0.3, -0.25) is 0 Å². The highest BCUT2D eigenvalue weighted by molar-refractivity contribution is 5.27. The molecule has 0 aliphatic heterocycles. The third-order valence-electron chi connectivity index (χ3n) is 8.93. The minimum Gasteiger partial charge on any atom is -0.494 e. The van der Waals surface area contributed by atoms with Gasteiger partial charge in [-0.05, 0) is 86.3 Å².